The first-order chi connectivity index (χ1) is 36.6. The van der Waals surface area contributed by atoms with Crippen LogP contribution in [0.2, 0.25) is 0 Å². The molecule has 0 aromatic carbocycles. The van der Waals surface area contributed by atoms with E-state index in [4.69, 9.17) is 23.7 Å². The number of rotatable bonds is 48. The first-order valence-electron chi connectivity index (χ1n) is 29.2. The third-order valence-corrected chi connectivity index (χ3v) is 12.6. The third kappa shape index (κ3) is 40.6. The Morgan fingerprint density at radius 3 is 1.33 bits per heavy atom. The van der Waals surface area contributed by atoms with Gasteiger partial charge in [-0.05, 0) is 116 Å². The van der Waals surface area contributed by atoms with Gasteiger partial charge in [-0.3, -0.25) is 14.4 Å². The molecule has 12 heteroatoms. The molecule has 1 saturated heterocycles. The zero-order chi connectivity index (χ0) is 54.7. The highest BCUT2D eigenvalue weighted by atomic mass is 16.7. The molecule has 0 spiro atoms. The summed E-state index contributed by atoms with van der Waals surface area (Å²) in [6.45, 7) is 5.74. The van der Waals surface area contributed by atoms with Crippen LogP contribution >= 0.6 is 0 Å². The Kier molecular flexibility index (Phi) is 46.2. The molecule has 1 aliphatic heterocycles. The zero-order valence-electron chi connectivity index (χ0n) is 46.8. The molecule has 0 aromatic rings. The number of unbranched alkanes of at least 4 members (excludes halogenated alkanes) is 18. The fourth-order valence-corrected chi connectivity index (χ4v) is 8.13. The van der Waals surface area contributed by atoms with Crippen LogP contribution in [0.1, 0.15) is 226 Å². The molecule has 1 fully saturated rings. The zero-order valence-corrected chi connectivity index (χ0v) is 46.8. The van der Waals surface area contributed by atoms with Crippen molar-refractivity contribution >= 4 is 23.9 Å². The number of esters is 3. The number of carboxylic acids is 1. The molecule has 6 unspecified atom stereocenters. The van der Waals surface area contributed by atoms with Crippen LogP contribution in [0.4, 0.5) is 0 Å². The molecule has 0 radical (unpaired) electrons. The molecule has 426 valence electrons. The average Bonchev–Trinajstić information content (AvgIpc) is 3.39. The summed E-state index contributed by atoms with van der Waals surface area (Å²) in [5.74, 6) is -3.20. The maximum Gasteiger partial charge on any atom is 0.335 e. The predicted octanol–water partition coefficient (Wildman–Crippen LogP) is 14.9. The van der Waals surface area contributed by atoms with E-state index in [0.29, 0.717) is 19.3 Å². The van der Waals surface area contributed by atoms with Gasteiger partial charge in [-0.15, -0.1) is 0 Å². The molecule has 12 nitrogen and oxygen atoms in total. The molecule has 1 heterocycles. The second-order valence-corrected chi connectivity index (χ2v) is 19.5. The van der Waals surface area contributed by atoms with Crippen LogP contribution in [0.5, 0.6) is 0 Å². The van der Waals surface area contributed by atoms with Gasteiger partial charge in [-0.1, -0.05) is 189 Å². The fraction of sp³-hybridized carbons (Fsp3) is 0.683. The summed E-state index contributed by atoms with van der Waals surface area (Å²) in [5, 5.41) is 31.5. The second kappa shape index (κ2) is 50.5. The molecule has 75 heavy (non-hydrogen) atoms. The summed E-state index contributed by atoms with van der Waals surface area (Å²) in [5.41, 5.74) is 0. The van der Waals surface area contributed by atoms with Gasteiger partial charge in [-0.25, -0.2) is 4.79 Å². The van der Waals surface area contributed by atoms with Crippen LogP contribution < -0.4 is 0 Å². The van der Waals surface area contributed by atoms with Gasteiger partial charge >= 0.3 is 23.9 Å². The van der Waals surface area contributed by atoms with E-state index in [1.165, 1.54) is 19.3 Å². The van der Waals surface area contributed by atoms with E-state index in [1.807, 2.05) is 0 Å². The lowest BCUT2D eigenvalue weighted by Crippen LogP contribution is -2.61. The van der Waals surface area contributed by atoms with E-state index >= 15 is 0 Å². The van der Waals surface area contributed by atoms with Gasteiger partial charge in [-0.2, -0.15) is 0 Å². The smallest absolute Gasteiger partial charge is 0.335 e. The predicted molar refractivity (Wildman–Crippen MR) is 303 cm³/mol. The lowest BCUT2D eigenvalue weighted by molar-refractivity contribution is -0.301. The number of hydrogen-bond donors (Lipinski definition) is 3. The van der Waals surface area contributed by atoms with Crippen molar-refractivity contribution in [3.8, 4) is 0 Å². The molecule has 1 rings (SSSR count). The molecule has 0 aliphatic carbocycles. The van der Waals surface area contributed by atoms with E-state index in [2.05, 4.69) is 118 Å². The maximum absolute atomic E-state index is 13.1. The van der Waals surface area contributed by atoms with Crippen molar-refractivity contribution in [3.05, 3.63) is 97.2 Å². The summed E-state index contributed by atoms with van der Waals surface area (Å²) >= 11 is 0. The van der Waals surface area contributed by atoms with Crippen molar-refractivity contribution < 1.29 is 58.2 Å². The van der Waals surface area contributed by atoms with E-state index in [9.17, 15) is 34.5 Å². The highest BCUT2D eigenvalue weighted by molar-refractivity contribution is 5.74. The van der Waals surface area contributed by atoms with Crippen molar-refractivity contribution in [2.24, 2.45) is 0 Å². The van der Waals surface area contributed by atoms with Gasteiger partial charge in [0.1, 0.15) is 18.8 Å². The lowest BCUT2D eigenvalue weighted by atomic mass is 9.98. The molecular formula is C63H102O12. The highest BCUT2D eigenvalue weighted by Gasteiger charge is 2.50. The van der Waals surface area contributed by atoms with Gasteiger partial charge in [0.25, 0.3) is 0 Å². The Labute approximate surface area is 453 Å². The largest absolute Gasteiger partial charge is 0.479 e. The quantitative estimate of drug-likeness (QED) is 0.0228. The second-order valence-electron chi connectivity index (χ2n) is 19.5. The van der Waals surface area contributed by atoms with Crippen LogP contribution in [0.15, 0.2) is 97.2 Å². The minimum absolute atomic E-state index is 0.0361. The number of carbonyl (C=O) groups excluding carboxylic acids is 3. The lowest BCUT2D eigenvalue weighted by Gasteiger charge is -2.40. The van der Waals surface area contributed by atoms with Crippen LogP contribution in [0, 0.1) is 0 Å². The van der Waals surface area contributed by atoms with Gasteiger partial charge in [0.05, 0.1) is 6.61 Å². The molecule has 6 atom stereocenters. The van der Waals surface area contributed by atoms with Crippen LogP contribution in [0.3, 0.4) is 0 Å². The van der Waals surface area contributed by atoms with Gasteiger partial charge in [0.15, 0.2) is 24.6 Å². The monoisotopic (exact) mass is 1050 g/mol. The SMILES string of the molecule is CC/C=C\C/C=C\C/C=C\C/C=C\CCCCCCC(=O)OCC(COC1OC(C(=O)O)C(O)C(O)C1OC(=O)CCCCCCC/C=C\C/C=C\CCCCC)OC(=O)CCCCCCC/C=C\C/C=C\CCC. The number of carbonyl (C=O) groups is 4. The normalized spacial score (nSPS) is 18.9. The van der Waals surface area contributed by atoms with Crippen LogP contribution in [-0.4, -0.2) is 89.2 Å². The molecular weight excluding hydrogens is 949 g/mol. The highest BCUT2D eigenvalue weighted by Crippen LogP contribution is 2.26. The van der Waals surface area contributed by atoms with E-state index in [-0.39, 0.29) is 25.9 Å². The van der Waals surface area contributed by atoms with Crippen molar-refractivity contribution in [2.75, 3.05) is 13.2 Å². The summed E-state index contributed by atoms with van der Waals surface area (Å²) < 4.78 is 28.4. The van der Waals surface area contributed by atoms with Gasteiger partial charge in [0, 0.05) is 19.3 Å². The number of aliphatic carboxylic acids is 1. The Bertz CT molecular complexity index is 1670. The molecule has 1 aliphatic rings. The molecule has 0 amide bonds. The molecule has 0 saturated carbocycles. The van der Waals surface area contributed by atoms with Crippen molar-refractivity contribution in [3.63, 3.8) is 0 Å². The third-order valence-electron chi connectivity index (χ3n) is 12.6. The van der Waals surface area contributed by atoms with Crippen molar-refractivity contribution in [1.82, 2.24) is 0 Å². The van der Waals surface area contributed by atoms with E-state index in [1.54, 1.807) is 0 Å². The number of aliphatic hydroxyl groups is 2. The Balaban J connectivity index is 2.73. The van der Waals surface area contributed by atoms with Crippen molar-refractivity contribution in [1.29, 1.82) is 0 Å². The number of ether oxygens (including phenoxy) is 5. The number of aliphatic hydroxyl groups excluding tert-OH is 2. The average molecular weight is 1050 g/mol. The topological polar surface area (TPSA) is 175 Å². The Morgan fingerprint density at radius 1 is 0.453 bits per heavy atom. The summed E-state index contributed by atoms with van der Waals surface area (Å²) in [7, 11) is 0. The Hall–Kier alpha value is -4.36. The fourth-order valence-electron chi connectivity index (χ4n) is 8.13. The molecule has 0 bridgehead atoms. The number of hydrogen-bond acceptors (Lipinski definition) is 11. The van der Waals surface area contributed by atoms with Crippen LogP contribution in [0.25, 0.3) is 0 Å². The standard InChI is InChI=1S/C63H102O12/c1-4-7-10-13-16-19-22-25-27-28-30-32-34-37-40-43-46-49-55(64)71-52-54(73-56(65)50-47-44-41-38-35-31-24-21-18-15-12-9-6-3)53-72-63-61(59(68)58(67)60(75-63)62(69)70)74-57(66)51-48-45-42-39-36-33-29-26-23-20-17-14-11-8-5-2/h7,10,12,15-17,19-21,24-27,29-30,32,54,58-61,63,67-68H,4-6,8-9,11,13-14,18,22-23,28,31,33-53H2,1-3H3,(H,69,70)/b10-7-,15-12-,19-16-,20-17-,24-21-,27-25-,29-26-,32-30-. The van der Waals surface area contributed by atoms with Crippen LogP contribution in [-0.2, 0) is 42.9 Å². The maximum atomic E-state index is 13.1. The summed E-state index contributed by atoms with van der Waals surface area (Å²) in [6, 6.07) is 0. The number of carboxylic acid groups (broad SMARTS) is 1. The minimum Gasteiger partial charge on any atom is -0.479 e. The van der Waals surface area contributed by atoms with Gasteiger partial charge in [0.2, 0.25) is 0 Å². The van der Waals surface area contributed by atoms with E-state index in [0.717, 1.165) is 148 Å². The summed E-state index contributed by atoms with van der Waals surface area (Å²) in [4.78, 5) is 51.1. The summed E-state index contributed by atoms with van der Waals surface area (Å²) in [6.07, 6.45) is 53.7. The molecule has 3 N–H and O–H groups in total. The van der Waals surface area contributed by atoms with Gasteiger partial charge < -0.3 is 39.0 Å². The first kappa shape index (κ1) is 68.7. The minimum atomic E-state index is -1.92. The van der Waals surface area contributed by atoms with E-state index < -0.39 is 67.3 Å². The number of allylic oxidation sites excluding steroid dienone is 16. The molecule has 0 aromatic heterocycles. The first-order valence-corrected chi connectivity index (χ1v) is 29.2. The van der Waals surface area contributed by atoms with Crippen molar-refractivity contribution in [2.45, 2.75) is 263 Å². The Morgan fingerprint density at radius 2 is 0.867 bits per heavy atom.